The minimum Gasteiger partial charge on any atom is -0.324 e. The first-order valence-electron chi connectivity index (χ1n) is 11.5. The van der Waals surface area contributed by atoms with Gasteiger partial charge in [0.2, 0.25) is 21.9 Å². The summed E-state index contributed by atoms with van der Waals surface area (Å²) in [5.41, 5.74) is 3.80. The van der Waals surface area contributed by atoms with Crippen molar-refractivity contribution < 1.29 is 13.2 Å². The molecule has 0 spiro atoms. The van der Waals surface area contributed by atoms with Gasteiger partial charge in [-0.2, -0.15) is 4.31 Å². The molecular formula is C25H28N6O3S. The number of nitrogens with one attached hydrogen (secondary N) is 1. The number of anilines is 3. The number of likely N-dealkylation sites (tertiary alicyclic amines) is 1. The van der Waals surface area contributed by atoms with Crippen LogP contribution in [0.5, 0.6) is 0 Å². The highest BCUT2D eigenvalue weighted by Gasteiger charge is 2.32. The molecule has 1 amide bonds. The van der Waals surface area contributed by atoms with E-state index in [9.17, 15) is 13.2 Å². The van der Waals surface area contributed by atoms with E-state index in [1.165, 1.54) is 4.31 Å². The molecule has 0 aliphatic carbocycles. The van der Waals surface area contributed by atoms with Gasteiger partial charge in [-0.1, -0.05) is 18.2 Å². The molecule has 3 aromatic rings. The van der Waals surface area contributed by atoms with Gasteiger partial charge in [0.1, 0.15) is 0 Å². The lowest BCUT2D eigenvalue weighted by Crippen LogP contribution is -2.38. The molecule has 1 aromatic heterocycles. The van der Waals surface area contributed by atoms with Crippen molar-refractivity contribution in [1.82, 2.24) is 19.2 Å². The van der Waals surface area contributed by atoms with Crippen LogP contribution in [0.25, 0.3) is 11.3 Å². The molecule has 1 N–H and O–H groups in total. The van der Waals surface area contributed by atoms with Crippen LogP contribution >= 0.6 is 0 Å². The normalized spacial score (nSPS) is 18.3. The maximum Gasteiger partial charge on any atom is 0.243 e. The molecule has 2 aromatic carbocycles. The van der Waals surface area contributed by atoms with Gasteiger partial charge in [-0.3, -0.25) is 4.79 Å². The maximum absolute atomic E-state index is 13.1. The van der Waals surface area contributed by atoms with E-state index in [4.69, 9.17) is 4.98 Å². The zero-order valence-electron chi connectivity index (χ0n) is 20.0. The lowest BCUT2D eigenvalue weighted by molar-refractivity contribution is -0.117. The number of rotatable bonds is 5. The van der Waals surface area contributed by atoms with Crippen LogP contribution < -0.4 is 10.2 Å². The number of likely N-dealkylation sites (N-methyl/N-ethyl adjacent to an activating group) is 3. The molecule has 10 heteroatoms. The Hall–Kier alpha value is -3.34. The Labute approximate surface area is 205 Å². The summed E-state index contributed by atoms with van der Waals surface area (Å²) in [6, 6.07) is 14.2. The van der Waals surface area contributed by atoms with Crippen molar-refractivity contribution in [3.63, 3.8) is 0 Å². The van der Waals surface area contributed by atoms with Crippen molar-refractivity contribution in [2.45, 2.75) is 23.8 Å². The number of nitrogens with zero attached hydrogens (tertiary/aromatic N) is 5. The highest BCUT2D eigenvalue weighted by atomic mass is 32.2. The van der Waals surface area contributed by atoms with E-state index in [2.05, 4.69) is 15.2 Å². The number of benzene rings is 2. The SMILES string of the molecule is CN1CCC(N(C)S(=O)(=O)c2ccc(Nc3ncc4c(n3)-c3ccccc3N(C)C(=O)C4)cc2)C1. The fourth-order valence-electron chi connectivity index (χ4n) is 4.62. The molecule has 1 atom stereocenters. The van der Waals surface area contributed by atoms with Crippen LogP contribution in [-0.2, 0) is 21.2 Å². The highest BCUT2D eigenvalue weighted by molar-refractivity contribution is 7.89. The molecule has 1 saturated heterocycles. The molecule has 182 valence electrons. The van der Waals surface area contributed by atoms with Gasteiger partial charge in [0.15, 0.2) is 0 Å². The number of aromatic nitrogens is 2. The predicted molar refractivity (Wildman–Crippen MR) is 135 cm³/mol. The third-order valence-electron chi connectivity index (χ3n) is 6.77. The molecule has 2 aliphatic rings. The van der Waals surface area contributed by atoms with Gasteiger partial charge < -0.3 is 15.1 Å². The van der Waals surface area contributed by atoms with Crippen LogP contribution in [0.15, 0.2) is 59.6 Å². The Morgan fingerprint density at radius 3 is 2.54 bits per heavy atom. The number of carbonyl (C=O) groups excluding carboxylic acids is 1. The standard InChI is InChI=1S/C25H28N6O3S/c1-29-13-12-19(16-29)31(3)35(33,34)20-10-8-18(9-11-20)27-25-26-15-17-14-23(32)30(2)22-7-5-4-6-21(22)24(17)28-25/h4-11,15,19H,12-14,16H2,1-3H3,(H,26,27,28). The quantitative estimate of drug-likeness (QED) is 0.585. The van der Waals surface area contributed by atoms with E-state index in [1.54, 1.807) is 49.5 Å². The van der Waals surface area contributed by atoms with Crippen molar-refractivity contribution in [3.05, 3.63) is 60.3 Å². The fraction of sp³-hybridized carbons (Fsp3) is 0.320. The van der Waals surface area contributed by atoms with E-state index in [0.29, 0.717) is 17.3 Å². The van der Waals surface area contributed by atoms with Crippen LogP contribution in [0.2, 0.25) is 0 Å². The zero-order valence-corrected chi connectivity index (χ0v) is 20.8. The lowest BCUT2D eigenvalue weighted by atomic mass is 10.1. The Bertz CT molecular complexity index is 1380. The van der Waals surface area contributed by atoms with E-state index in [0.717, 1.165) is 36.3 Å². The number of fused-ring (bicyclic) bond motifs is 3. The summed E-state index contributed by atoms with van der Waals surface area (Å²) in [4.78, 5) is 25.7. The molecule has 2 aliphatic heterocycles. The number of hydrogen-bond donors (Lipinski definition) is 1. The van der Waals surface area contributed by atoms with E-state index < -0.39 is 10.0 Å². The summed E-state index contributed by atoms with van der Waals surface area (Å²) in [5, 5.41) is 3.16. The second-order valence-electron chi connectivity index (χ2n) is 9.09. The van der Waals surface area contributed by atoms with Crippen molar-refractivity contribution in [2.24, 2.45) is 0 Å². The smallest absolute Gasteiger partial charge is 0.243 e. The van der Waals surface area contributed by atoms with E-state index in [-0.39, 0.29) is 23.3 Å². The zero-order chi connectivity index (χ0) is 24.7. The average Bonchev–Trinajstić information content (AvgIpc) is 3.26. The molecular weight excluding hydrogens is 464 g/mol. The summed E-state index contributed by atoms with van der Waals surface area (Å²) >= 11 is 0. The summed E-state index contributed by atoms with van der Waals surface area (Å²) in [5.74, 6) is 0.351. The molecule has 5 rings (SSSR count). The maximum atomic E-state index is 13.1. The van der Waals surface area contributed by atoms with Gasteiger partial charge >= 0.3 is 0 Å². The summed E-state index contributed by atoms with van der Waals surface area (Å²) in [7, 11) is 1.82. The van der Waals surface area contributed by atoms with E-state index >= 15 is 0 Å². The first-order valence-corrected chi connectivity index (χ1v) is 12.9. The molecule has 0 radical (unpaired) electrons. The second-order valence-corrected chi connectivity index (χ2v) is 11.1. The minimum atomic E-state index is -3.58. The molecule has 9 nitrogen and oxygen atoms in total. The largest absolute Gasteiger partial charge is 0.324 e. The lowest BCUT2D eigenvalue weighted by Gasteiger charge is -2.23. The number of amides is 1. The Balaban J connectivity index is 1.39. The van der Waals surface area contributed by atoms with Gasteiger partial charge in [-0.15, -0.1) is 0 Å². The van der Waals surface area contributed by atoms with Crippen LogP contribution in [-0.4, -0.2) is 73.8 Å². The number of para-hydroxylation sites is 1. The van der Waals surface area contributed by atoms with Gasteiger partial charge in [-0.05, 0) is 50.3 Å². The van der Waals surface area contributed by atoms with Gasteiger partial charge in [-0.25, -0.2) is 18.4 Å². The Morgan fingerprint density at radius 2 is 1.83 bits per heavy atom. The van der Waals surface area contributed by atoms with E-state index in [1.807, 2.05) is 31.3 Å². The second kappa shape index (κ2) is 9.03. The van der Waals surface area contributed by atoms with Gasteiger partial charge in [0.05, 0.1) is 22.7 Å². The topological polar surface area (TPSA) is 98.7 Å². The molecule has 3 heterocycles. The van der Waals surface area contributed by atoms with Crippen molar-refractivity contribution in [3.8, 4) is 11.3 Å². The third kappa shape index (κ3) is 4.40. The molecule has 1 fully saturated rings. The molecule has 1 unspecified atom stereocenters. The Kier molecular flexibility index (Phi) is 6.04. The van der Waals surface area contributed by atoms with Crippen LogP contribution in [0.4, 0.5) is 17.3 Å². The number of sulfonamides is 1. The first kappa shape index (κ1) is 23.4. The molecule has 0 bridgehead atoms. The van der Waals surface area contributed by atoms with Crippen LogP contribution in [0, 0.1) is 0 Å². The first-order chi connectivity index (χ1) is 16.7. The predicted octanol–water partition coefficient (Wildman–Crippen LogP) is 2.73. The van der Waals surface area contributed by atoms with Crippen LogP contribution in [0.3, 0.4) is 0 Å². The number of hydrogen-bond acceptors (Lipinski definition) is 7. The monoisotopic (exact) mass is 492 g/mol. The number of carbonyl (C=O) groups is 1. The molecule has 0 saturated carbocycles. The summed E-state index contributed by atoms with van der Waals surface area (Å²) in [6.07, 6.45) is 2.72. The summed E-state index contributed by atoms with van der Waals surface area (Å²) < 4.78 is 27.7. The minimum absolute atomic E-state index is 0.0217. The molecule has 35 heavy (non-hydrogen) atoms. The van der Waals surface area contributed by atoms with Crippen LogP contribution in [0.1, 0.15) is 12.0 Å². The third-order valence-corrected chi connectivity index (χ3v) is 8.69. The summed E-state index contributed by atoms with van der Waals surface area (Å²) in [6.45, 7) is 1.62. The van der Waals surface area contributed by atoms with Crippen molar-refractivity contribution >= 4 is 33.3 Å². The van der Waals surface area contributed by atoms with Gasteiger partial charge in [0, 0.05) is 49.7 Å². The average molecular weight is 493 g/mol. The van der Waals surface area contributed by atoms with Crippen molar-refractivity contribution in [2.75, 3.05) is 44.4 Å². The highest BCUT2D eigenvalue weighted by Crippen LogP contribution is 2.35. The van der Waals surface area contributed by atoms with Crippen molar-refractivity contribution in [1.29, 1.82) is 0 Å². The fourth-order valence-corrected chi connectivity index (χ4v) is 6.00. The Morgan fingerprint density at radius 1 is 1.09 bits per heavy atom. The van der Waals surface area contributed by atoms with Gasteiger partial charge in [0.25, 0.3) is 0 Å².